The summed E-state index contributed by atoms with van der Waals surface area (Å²) >= 11 is 0. The van der Waals surface area contributed by atoms with Crippen LogP contribution in [0.3, 0.4) is 0 Å². The first-order chi connectivity index (χ1) is 22.7. The number of urea groups is 1. The first-order valence-corrected chi connectivity index (χ1v) is 17.0. The van der Waals surface area contributed by atoms with Gasteiger partial charge in [-0.1, -0.05) is 79.2 Å². The minimum Gasteiger partial charge on any atom is -0.490 e. The highest BCUT2D eigenvalue weighted by Gasteiger charge is 2.24. The quantitative estimate of drug-likeness (QED) is 0.127. The fourth-order valence-corrected chi connectivity index (χ4v) is 5.64. The number of fused-ring (bicyclic) bond motifs is 1. The second-order valence-electron chi connectivity index (χ2n) is 12.5. The molecule has 0 spiro atoms. The Kier molecular flexibility index (Phi) is 12.8. The maximum Gasteiger partial charge on any atom is 0.326 e. The fourth-order valence-electron chi connectivity index (χ4n) is 5.64. The summed E-state index contributed by atoms with van der Waals surface area (Å²) in [5, 5.41) is 4.03. The van der Waals surface area contributed by atoms with Crippen LogP contribution < -0.4 is 20.5 Å². The van der Waals surface area contributed by atoms with Crippen molar-refractivity contribution in [2.24, 2.45) is 0 Å². The van der Waals surface area contributed by atoms with E-state index in [9.17, 15) is 9.59 Å². The Morgan fingerprint density at radius 3 is 2.32 bits per heavy atom. The van der Waals surface area contributed by atoms with Crippen LogP contribution in [-0.4, -0.2) is 53.7 Å². The van der Waals surface area contributed by atoms with Crippen molar-refractivity contribution in [2.75, 3.05) is 43.0 Å². The van der Waals surface area contributed by atoms with Crippen LogP contribution in [0.4, 0.5) is 16.2 Å². The van der Waals surface area contributed by atoms with Crippen molar-refractivity contribution >= 4 is 28.4 Å². The predicted molar refractivity (Wildman–Crippen MR) is 196 cm³/mol. The number of hydrogen-bond acceptors (Lipinski definition) is 5. The Labute approximate surface area is 279 Å². The number of aromatic amines is 1. The molecule has 4 rings (SSSR count). The molecule has 250 valence electrons. The van der Waals surface area contributed by atoms with E-state index in [0.717, 1.165) is 71.6 Å². The Bertz CT molecular complexity index is 1690. The lowest BCUT2D eigenvalue weighted by Gasteiger charge is -2.27. The normalized spacial score (nSPS) is 11.7. The predicted octanol–water partition coefficient (Wildman–Crippen LogP) is 8.95. The highest BCUT2D eigenvalue weighted by atomic mass is 16.5. The van der Waals surface area contributed by atoms with E-state index in [1.807, 2.05) is 24.3 Å². The maximum absolute atomic E-state index is 14.1. The number of rotatable bonds is 15. The van der Waals surface area contributed by atoms with Gasteiger partial charge in [0, 0.05) is 30.4 Å². The van der Waals surface area contributed by atoms with Crippen LogP contribution in [-0.2, 0) is 0 Å². The molecule has 0 aliphatic carbocycles. The van der Waals surface area contributed by atoms with Gasteiger partial charge in [-0.25, -0.2) is 9.78 Å². The topological polar surface area (TPSA) is 90.6 Å². The smallest absolute Gasteiger partial charge is 0.326 e. The third-order valence-electron chi connectivity index (χ3n) is 8.48. The molecule has 0 aliphatic heterocycles. The van der Waals surface area contributed by atoms with Crippen LogP contribution in [0.25, 0.3) is 22.2 Å². The van der Waals surface area contributed by atoms with Crippen molar-refractivity contribution in [2.45, 2.75) is 73.1 Å². The summed E-state index contributed by atoms with van der Waals surface area (Å²) in [7, 11) is 0. The van der Waals surface area contributed by atoms with Gasteiger partial charge < -0.3 is 19.9 Å². The molecule has 0 aliphatic rings. The van der Waals surface area contributed by atoms with Gasteiger partial charge in [0.05, 0.1) is 0 Å². The van der Waals surface area contributed by atoms with Crippen molar-refractivity contribution in [3.8, 4) is 16.9 Å². The molecule has 8 nitrogen and oxygen atoms in total. The van der Waals surface area contributed by atoms with Crippen LogP contribution in [0.2, 0.25) is 0 Å². The van der Waals surface area contributed by atoms with Crippen molar-refractivity contribution in [3.63, 3.8) is 0 Å². The Hall–Kier alpha value is -4.43. The van der Waals surface area contributed by atoms with Gasteiger partial charge in [-0.3, -0.25) is 9.69 Å². The Morgan fingerprint density at radius 1 is 0.936 bits per heavy atom. The average Bonchev–Trinajstić information content (AvgIpc) is 3.06. The number of anilines is 2. The van der Waals surface area contributed by atoms with E-state index in [1.54, 1.807) is 17.2 Å². The summed E-state index contributed by atoms with van der Waals surface area (Å²) in [4.78, 5) is 38.3. The van der Waals surface area contributed by atoms with Crippen molar-refractivity contribution in [1.29, 1.82) is 0 Å². The highest BCUT2D eigenvalue weighted by Crippen LogP contribution is 2.38. The summed E-state index contributed by atoms with van der Waals surface area (Å²) in [6.07, 6.45) is 7.51. The summed E-state index contributed by atoms with van der Waals surface area (Å²) < 4.78 is 6.09. The molecular formula is C39H51N5O3. The number of ether oxygens (including phenoxy) is 1. The summed E-state index contributed by atoms with van der Waals surface area (Å²) in [5.41, 5.74) is 5.47. The zero-order chi connectivity index (χ0) is 33.9. The van der Waals surface area contributed by atoms with Gasteiger partial charge in [0.15, 0.2) is 0 Å². The molecule has 4 aromatic rings. The summed E-state index contributed by atoms with van der Waals surface area (Å²) in [5.74, 6) is 1.08. The molecule has 0 fully saturated rings. The molecule has 0 unspecified atom stereocenters. The van der Waals surface area contributed by atoms with Crippen LogP contribution in [0.15, 0.2) is 77.7 Å². The van der Waals surface area contributed by atoms with E-state index in [-0.39, 0.29) is 23.4 Å². The third-order valence-corrected chi connectivity index (χ3v) is 8.48. The lowest BCUT2D eigenvalue weighted by Crippen LogP contribution is -2.39. The zero-order valence-electron chi connectivity index (χ0n) is 29.1. The van der Waals surface area contributed by atoms with Gasteiger partial charge in [0.25, 0.3) is 5.56 Å². The SMILES string of the molecule is CCCCN(C(=O)Nc1c(C(C)C)cc(-c2cccc(OC/C=C\CN(CC)CC)c2)cc1C(C)C)c1cc2cccnc2[nH]c1=O. The minimum atomic E-state index is -0.340. The van der Waals surface area contributed by atoms with Crippen molar-refractivity contribution < 1.29 is 9.53 Å². The molecular weight excluding hydrogens is 586 g/mol. The van der Waals surface area contributed by atoms with E-state index in [4.69, 9.17) is 4.74 Å². The van der Waals surface area contributed by atoms with E-state index in [2.05, 4.69) is 105 Å². The molecule has 0 bridgehead atoms. The van der Waals surface area contributed by atoms with Crippen LogP contribution in [0.1, 0.15) is 84.3 Å². The van der Waals surface area contributed by atoms with Crippen LogP contribution in [0, 0.1) is 0 Å². The van der Waals surface area contributed by atoms with Crippen molar-refractivity contribution in [3.05, 3.63) is 94.4 Å². The largest absolute Gasteiger partial charge is 0.490 e. The monoisotopic (exact) mass is 637 g/mol. The number of nitrogens with one attached hydrogen (secondary N) is 2. The van der Waals surface area contributed by atoms with Gasteiger partial charge in [-0.2, -0.15) is 0 Å². The number of benzene rings is 2. The number of H-pyrrole nitrogens is 1. The summed E-state index contributed by atoms with van der Waals surface area (Å²) in [6.45, 7) is 18.9. The fraction of sp³-hybridized carbons (Fsp3) is 0.410. The standard InChI is InChI=1S/C39H51N5O3/c1-8-11-21-44(35-26-30-17-15-19-40-37(30)42-38(35)45)39(46)41-36-33(27(4)5)24-31(25-34(36)28(6)7)29-16-14-18-32(23-29)47-22-13-12-20-43(9-2)10-3/h12-19,23-28H,8-11,20-22H2,1-7H3,(H,41,46)(H,40,42,45)/b13-12-. The molecule has 0 saturated carbocycles. The number of unbranched alkanes of at least 4 members (excludes halogenated alkanes) is 1. The number of hydrogen-bond donors (Lipinski definition) is 2. The maximum atomic E-state index is 14.1. The van der Waals surface area contributed by atoms with Gasteiger partial charge in [0.2, 0.25) is 0 Å². The second-order valence-corrected chi connectivity index (χ2v) is 12.5. The van der Waals surface area contributed by atoms with E-state index < -0.39 is 0 Å². The van der Waals surface area contributed by atoms with E-state index in [0.29, 0.717) is 24.5 Å². The summed E-state index contributed by atoms with van der Waals surface area (Å²) in [6, 6.07) is 17.6. The van der Waals surface area contributed by atoms with Crippen LogP contribution >= 0.6 is 0 Å². The lowest BCUT2D eigenvalue weighted by atomic mass is 9.88. The molecule has 2 aromatic carbocycles. The number of carbonyl (C=O) groups excluding carboxylic acids is 1. The van der Waals surface area contributed by atoms with E-state index >= 15 is 0 Å². The first-order valence-electron chi connectivity index (χ1n) is 17.0. The molecule has 0 atom stereocenters. The third kappa shape index (κ3) is 9.10. The first kappa shape index (κ1) is 35.4. The number of aromatic nitrogens is 2. The zero-order valence-corrected chi connectivity index (χ0v) is 29.1. The highest BCUT2D eigenvalue weighted by molar-refractivity contribution is 6.03. The van der Waals surface area contributed by atoms with E-state index in [1.165, 1.54) is 0 Å². The van der Waals surface area contributed by atoms with Gasteiger partial charge in [-0.15, -0.1) is 0 Å². The van der Waals surface area contributed by atoms with Gasteiger partial charge in [-0.05, 0) is 96.1 Å². The molecule has 2 amide bonds. The number of pyridine rings is 2. The molecule has 8 heteroatoms. The van der Waals surface area contributed by atoms with Crippen molar-refractivity contribution in [1.82, 2.24) is 14.9 Å². The number of likely N-dealkylation sites (N-methyl/N-ethyl adjacent to an activating group) is 1. The molecule has 2 heterocycles. The molecule has 0 radical (unpaired) electrons. The molecule has 47 heavy (non-hydrogen) atoms. The molecule has 2 N–H and O–H groups in total. The number of nitrogens with zero attached hydrogens (tertiary/aromatic N) is 3. The van der Waals surface area contributed by atoms with Gasteiger partial charge >= 0.3 is 6.03 Å². The Balaban J connectivity index is 1.65. The molecule has 0 saturated heterocycles. The average molecular weight is 638 g/mol. The molecule has 2 aromatic heterocycles. The number of carbonyl (C=O) groups is 1. The lowest BCUT2D eigenvalue weighted by molar-refractivity contribution is 0.256. The van der Waals surface area contributed by atoms with Gasteiger partial charge in [0.1, 0.15) is 23.7 Å². The minimum absolute atomic E-state index is 0.136. The Morgan fingerprint density at radius 2 is 1.66 bits per heavy atom. The number of amides is 2. The second kappa shape index (κ2) is 16.9. The van der Waals surface area contributed by atoms with Crippen LogP contribution in [0.5, 0.6) is 5.75 Å².